The Balaban J connectivity index is 1.28. The van der Waals surface area contributed by atoms with Crippen LogP contribution in [0.3, 0.4) is 0 Å². The van der Waals surface area contributed by atoms with Crippen molar-refractivity contribution in [3.63, 3.8) is 0 Å². The average Bonchev–Trinajstić information content (AvgIpc) is 4.00. The summed E-state index contributed by atoms with van der Waals surface area (Å²) in [6.45, 7) is 1.43. The van der Waals surface area contributed by atoms with Gasteiger partial charge in [-0.3, -0.25) is 29.0 Å². The highest BCUT2D eigenvalue weighted by Crippen LogP contribution is 2.27. The van der Waals surface area contributed by atoms with Gasteiger partial charge in [-0.05, 0) is 65.4 Å². The number of carbonyl (C=O) groups is 5. The molecule has 0 radical (unpaired) electrons. The Bertz CT molecular complexity index is 2250. The second-order valence-electron chi connectivity index (χ2n) is 14.5. The summed E-state index contributed by atoms with van der Waals surface area (Å²) >= 11 is 1.55. The number of nitrogens with two attached hydrogens (primary N) is 3. The summed E-state index contributed by atoms with van der Waals surface area (Å²) in [5, 5.41) is 18.6. The molecule has 1 aliphatic rings. The summed E-state index contributed by atoms with van der Waals surface area (Å²) in [5.41, 5.74) is 19.8. The molecule has 58 heavy (non-hydrogen) atoms. The van der Waals surface area contributed by atoms with Crippen molar-refractivity contribution >= 4 is 67.8 Å². The molecule has 0 saturated carbocycles. The summed E-state index contributed by atoms with van der Waals surface area (Å²) < 4.78 is 1.05. The van der Waals surface area contributed by atoms with Crippen LogP contribution in [0.5, 0.6) is 0 Å². The first-order chi connectivity index (χ1) is 28.0. The van der Waals surface area contributed by atoms with E-state index in [-0.39, 0.29) is 50.0 Å². The molecule has 0 unspecified atom stereocenters. The predicted molar refractivity (Wildman–Crippen MR) is 225 cm³/mol. The van der Waals surface area contributed by atoms with Crippen molar-refractivity contribution in [2.45, 2.75) is 62.7 Å². The molecule has 2 aromatic heterocycles. The molecule has 16 heteroatoms. The van der Waals surface area contributed by atoms with Crippen LogP contribution < -0.4 is 43.8 Å². The Kier molecular flexibility index (Phi) is 14.1. The zero-order valence-corrected chi connectivity index (χ0v) is 32.9. The van der Waals surface area contributed by atoms with Crippen molar-refractivity contribution < 1.29 is 24.0 Å². The smallest absolute Gasteiger partial charge is 0.243 e. The molecular weight excluding hydrogens is 757 g/mol. The van der Waals surface area contributed by atoms with Crippen LogP contribution in [0.1, 0.15) is 36.0 Å². The molecule has 5 amide bonds. The highest BCUT2D eigenvalue weighted by Gasteiger charge is 2.33. The van der Waals surface area contributed by atoms with Crippen molar-refractivity contribution in [2.24, 2.45) is 28.1 Å². The van der Waals surface area contributed by atoms with Gasteiger partial charge in [-0.15, -0.1) is 11.3 Å². The Hall–Kier alpha value is -6.26. The number of guanidine groups is 1. The number of amides is 5. The van der Waals surface area contributed by atoms with E-state index in [1.807, 2.05) is 84.2 Å². The fourth-order valence-electron chi connectivity index (χ4n) is 7.18. The van der Waals surface area contributed by atoms with Gasteiger partial charge < -0.3 is 48.8 Å². The van der Waals surface area contributed by atoms with E-state index < -0.39 is 47.8 Å². The number of para-hydroxylation sites is 1. The molecule has 1 aliphatic heterocycles. The Morgan fingerprint density at radius 2 is 1.34 bits per heavy atom. The topological polar surface area (TPSA) is 252 Å². The van der Waals surface area contributed by atoms with Crippen LogP contribution in [0.25, 0.3) is 21.0 Å². The number of carbonyl (C=O) groups excluding carboxylic acids is 5. The summed E-state index contributed by atoms with van der Waals surface area (Å²) in [4.78, 5) is 76.1. The number of aromatic amines is 1. The van der Waals surface area contributed by atoms with Crippen molar-refractivity contribution in [2.75, 3.05) is 19.6 Å². The van der Waals surface area contributed by atoms with Gasteiger partial charge in [0.1, 0.15) is 24.2 Å². The van der Waals surface area contributed by atoms with Gasteiger partial charge in [0.05, 0.1) is 5.92 Å². The van der Waals surface area contributed by atoms with Crippen LogP contribution in [0.15, 0.2) is 95.4 Å². The van der Waals surface area contributed by atoms with Gasteiger partial charge >= 0.3 is 0 Å². The Morgan fingerprint density at radius 3 is 2.03 bits per heavy atom. The van der Waals surface area contributed by atoms with Crippen molar-refractivity contribution in [3.05, 3.63) is 107 Å². The molecule has 5 atom stereocenters. The molecule has 0 spiro atoms. The number of nitrogens with one attached hydrogen (secondary N) is 6. The number of aliphatic imine (C=N–C) groups is 1. The zero-order valence-electron chi connectivity index (χ0n) is 32.0. The van der Waals surface area contributed by atoms with Crippen LogP contribution in [-0.4, -0.2) is 84.3 Å². The third-order valence-corrected chi connectivity index (χ3v) is 11.3. The van der Waals surface area contributed by atoms with Crippen molar-refractivity contribution in [1.82, 2.24) is 31.6 Å². The molecule has 1 saturated heterocycles. The number of rotatable bonds is 19. The maximum Gasteiger partial charge on any atom is 0.243 e. The van der Waals surface area contributed by atoms with Crippen LogP contribution in [0.4, 0.5) is 0 Å². The number of aromatic nitrogens is 1. The summed E-state index contributed by atoms with van der Waals surface area (Å²) in [6, 6.07) is 20.1. The summed E-state index contributed by atoms with van der Waals surface area (Å²) in [6.07, 6.45) is 3.28. The number of hydrogen-bond donors (Lipinski definition) is 9. The van der Waals surface area contributed by atoms with E-state index in [4.69, 9.17) is 17.2 Å². The second kappa shape index (κ2) is 19.7. The molecule has 6 rings (SSSR count). The number of nitrogens with zero attached hydrogens (tertiary/aromatic N) is 1. The fraction of sp³-hybridized carbons (Fsp3) is 0.333. The van der Waals surface area contributed by atoms with Gasteiger partial charge in [-0.2, -0.15) is 0 Å². The van der Waals surface area contributed by atoms with E-state index in [9.17, 15) is 24.0 Å². The van der Waals surface area contributed by atoms with Crippen molar-refractivity contribution in [1.29, 1.82) is 0 Å². The lowest BCUT2D eigenvalue weighted by molar-refractivity contribution is -0.134. The number of fused-ring (bicyclic) bond motifs is 2. The average molecular weight is 807 g/mol. The lowest BCUT2D eigenvalue weighted by Crippen LogP contribution is -2.59. The van der Waals surface area contributed by atoms with Gasteiger partial charge in [0.15, 0.2) is 5.96 Å². The normalized spacial score (nSPS) is 15.8. The minimum atomic E-state index is -1.18. The lowest BCUT2D eigenvalue weighted by atomic mass is 9.99. The van der Waals surface area contributed by atoms with E-state index in [1.165, 1.54) is 0 Å². The van der Waals surface area contributed by atoms with Gasteiger partial charge in [0.2, 0.25) is 29.5 Å². The van der Waals surface area contributed by atoms with E-state index in [2.05, 4.69) is 36.6 Å². The van der Waals surface area contributed by atoms with E-state index >= 15 is 0 Å². The van der Waals surface area contributed by atoms with Crippen molar-refractivity contribution in [3.8, 4) is 0 Å². The maximum absolute atomic E-state index is 14.5. The minimum absolute atomic E-state index is 0.0601. The van der Waals surface area contributed by atoms with E-state index in [0.717, 1.165) is 37.7 Å². The van der Waals surface area contributed by atoms with Gasteiger partial charge in [-0.1, -0.05) is 66.7 Å². The Labute approximate surface area is 340 Å². The van der Waals surface area contributed by atoms with Crippen LogP contribution >= 0.6 is 11.3 Å². The second-order valence-corrected chi connectivity index (χ2v) is 15.4. The SMILES string of the molecule is NC(=O)[C@@H](CCCN=C(N)N)NC(=O)[C@H](Cc1ccccc1)NC(=O)[C@@H](Cc1c[nH]c2ccccc12)NC(=O)[C@@H](Cc1csc2ccccc12)NC(=O)[C@H]1CCNC1. The Morgan fingerprint density at radius 1 is 0.724 bits per heavy atom. The zero-order chi connectivity index (χ0) is 41.0. The molecule has 12 N–H and O–H groups in total. The number of thiophene rings is 1. The monoisotopic (exact) mass is 806 g/mol. The van der Waals surface area contributed by atoms with Gasteiger partial charge in [0.25, 0.3) is 0 Å². The highest BCUT2D eigenvalue weighted by molar-refractivity contribution is 7.17. The molecular formula is C42H50N10O5S. The van der Waals surface area contributed by atoms with E-state index in [1.54, 1.807) is 17.5 Å². The van der Waals surface area contributed by atoms with E-state index in [0.29, 0.717) is 25.9 Å². The van der Waals surface area contributed by atoms with Crippen LogP contribution in [-0.2, 0) is 43.2 Å². The predicted octanol–water partition coefficient (Wildman–Crippen LogP) is 1.50. The van der Waals surface area contributed by atoms with Crippen LogP contribution in [0, 0.1) is 5.92 Å². The van der Waals surface area contributed by atoms with Gasteiger partial charge in [0, 0.05) is 54.2 Å². The minimum Gasteiger partial charge on any atom is -0.370 e. The standard InChI is InChI=1S/C42H50N10O5S/c43-37(53)32(14-8-17-47-42(44)45)49-39(55)33(19-25-9-2-1-3-10-25)51-40(56)34(20-27-23-48-31-13-6-4-11-29(27)31)52-41(57)35(50-38(54)26-16-18-46-22-26)21-28-24-58-36-15-7-5-12-30(28)36/h1-7,9-13,15,23-24,26,32-35,46,48H,8,14,16-22H2,(H2,43,53)(H,49,55)(H,50,54)(H,51,56)(H,52,57)(H4,44,45,47)/t26-,32+,33-,34+,35+/m0/s1. The molecule has 0 aliphatic carbocycles. The molecule has 5 aromatic rings. The third-order valence-electron chi connectivity index (χ3n) is 10.3. The molecule has 3 aromatic carbocycles. The first kappa shape index (κ1) is 41.4. The van der Waals surface area contributed by atoms with Crippen LogP contribution in [0.2, 0.25) is 0 Å². The maximum atomic E-state index is 14.5. The fourth-order valence-corrected chi connectivity index (χ4v) is 8.16. The quantitative estimate of drug-likeness (QED) is 0.0335. The number of benzene rings is 3. The summed E-state index contributed by atoms with van der Waals surface area (Å²) in [5.74, 6) is -3.22. The largest absolute Gasteiger partial charge is 0.370 e. The molecule has 0 bridgehead atoms. The number of H-pyrrole nitrogens is 1. The molecule has 304 valence electrons. The van der Waals surface area contributed by atoms with Gasteiger partial charge in [-0.25, -0.2) is 0 Å². The molecule has 15 nitrogen and oxygen atoms in total. The number of hydrogen-bond acceptors (Lipinski definition) is 8. The number of primary amides is 1. The first-order valence-corrected chi connectivity index (χ1v) is 20.2. The third kappa shape index (κ3) is 11.0. The first-order valence-electron chi connectivity index (χ1n) is 19.4. The lowest BCUT2D eigenvalue weighted by Gasteiger charge is -2.27. The molecule has 3 heterocycles. The highest BCUT2D eigenvalue weighted by atomic mass is 32.1. The molecule has 1 fully saturated rings. The summed E-state index contributed by atoms with van der Waals surface area (Å²) in [7, 11) is 0.